The highest BCUT2D eigenvalue weighted by atomic mass is 16.1. The summed E-state index contributed by atoms with van der Waals surface area (Å²) in [6.07, 6.45) is 10.3. The van der Waals surface area contributed by atoms with Gasteiger partial charge in [0.15, 0.2) is 0 Å². The molecule has 0 atom stereocenters. The van der Waals surface area contributed by atoms with Crippen molar-refractivity contribution in [2.75, 3.05) is 6.54 Å². The average molecular weight is 153 g/mol. The zero-order valence-electron chi connectivity index (χ0n) is 7.05. The van der Waals surface area contributed by atoms with Crippen LogP contribution in [0.25, 0.3) is 0 Å². The quantitative estimate of drug-likeness (QED) is 0.249. The van der Waals surface area contributed by atoms with Crippen LogP contribution in [0.3, 0.4) is 0 Å². The first-order valence-corrected chi connectivity index (χ1v) is 4.10. The SMILES string of the molecule is CCCCCC=CCN=C=O. The Morgan fingerprint density at radius 1 is 1.36 bits per heavy atom. The Hall–Kier alpha value is -0.880. The van der Waals surface area contributed by atoms with Gasteiger partial charge in [0.25, 0.3) is 0 Å². The minimum absolute atomic E-state index is 0.482. The molecule has 0 fully saturated rings. The Bertz CT molecular complexity index is 146. The number of isocyanates is 1. The second-order valence-electron chi connectivity index (χ2n) is 2.40. The lowest BCUT2D eigenvalue weighted by Crippen LogP contribution is -1.73. The van der Waals surface area contributed by atoms with Crippen molar-refractivity contribution >= 4 is 6.08 Å². The van der Waals surface area contributed by atoms with E-state index in [1.807, 2.05) is 6.08 Å². The van der Waals surface area contributed by atoms with Gasteiger partial charge in [-0.05, 0) is 12.8 Å². The van der Waals surface area contributed by atoms with Gasteiger partial charge in [0.2, 0.25) is 6.08 Å². The fraction of sp³-hybridized carbons (Fsp3) is 0.667. The minimum atomic E-state index is 0.482. The van der Waals surface area contributed by atoms with Gasteiger partial charge < -0.3 is 0 Å². The van der Waals surface area contributed by atoms with Gasteiger partial charge >= 0.3 is 0 Å². The zero-order chi connectivity index (χ0) is 8.36. The number of nitrogens with zero attached hydrogens (tertiary/aromatic N) is 1. The Labute approximate surface area is 68.0 Å². The maximum atomic E-state index is 9.61. The lowest BCUT2D eigenvalue weighted by molar-refractivity contribution is 0.564. The van der Waals surface area contributed by atoms with E-state index in [9.17, 15) is 4.79 Å². The molecule has 2 heteroatoms. The van der Waals surface area contributed by atoms with Crippen molar-refractivity contribution in [3.63, 3.8) is 0 Å². The summed E-state index contributed by atoms with van der Waals surface area (Å²) < 4.78 is 0. The highest BCUT2D eigenvalue weighted by molar-refractivity contribution is 5.33. The molecular weight excluding hydrogens is 138 g/mol. The van der Waals surface area contributed by atoms with E-state index in [-0.39, 0.29) is 0 Å². The molecule has 0 spiro atoms. The molecule has 0 aromatic heterocycles. The van der Waals surface area contributed by atoms with Crippen molar-refractivity contribution in [3.05, 3.63) is 12.2 Å². The molecule has 0 aromatic rings. The highest BCUT2D eigenvalue weighted by Gasteiger charge is 1.80. The van der Waals surface area contributed by atoms with Gasteiger partial charge in [-0.1, -0.05) is 31.9 Å². The summed E-state index contributed by atoms with van der Waals surface area (Å²) in [7, 11) is 0. The van der Waals surface area contributed by atoms with Crippen molar-refractivity contribution < 1.29 is 4.79 Å². The molecule has 0 radical (unpaired) electrons. The molecule has 0 aliphatic heterocycles. The Balaban J connectivity index is 3.09. The van der Waals surface area contributed by atoms with Crippen LogP contribution in [0, 0.1) is 0 Å². The molecule has 0 saturated carbocycles. The predicted octanol–water partition coefficient (Wildman–Crippen LogP) is 2.46. The largest absolute Gasteiger partial charge is 0.235 e. The van der Waals surface area contributed by atoms with Gasteiger partial charge in [-0.2, -0.15) is 0 Å². The fourth-order valence-corrected chi connectivity index (χ4v) is 0.795. The van der Waals surface area contributed by atoms with Crippen LogP contribution in [0.15, 0.2) is 17.1 Å². The summed E-state index contributed by atoms with van der Waals surface area (Å²) >= 11 is 0. The van der Waals surface area contributed by atoms with Crippen molar-refractivity contribution in [3.8, 4) is 0 Å². The molecular formula is C9H15NO. The summed E-state index contributed by atoms with van der Waals surface area (Å²) in [4.78, 5) is 13.0. The van der Waals surface area contributed by atoms with Crippen LogP contribution in [0.4, 0.5) is 0 Å². The van der Waals surface area contributed by atoms with E-state index >= 15 is 0 Å². The summed E-state index contributed by atoms with van der Waals surface area (Å²) in [5, 5.41) is 0. The second-order valence-corrected chi connectivity index (χ2v) is 2.40. The van der Waals surface area contributed by atoms with Crippen molar-refractivity contribution in [2.24, 2.45) is 4.99 Å². The standard InChI is InChI=1S/C9H15NO/c1-2-3-4-5-6-7-8-10-9-11/h6-7H,2-5,8H2,1H3. The summed E-state index contributed by atoms with van der Waals surface area (Å²) in [6, 6.07) is 0. The number of rotatable bonds is 6. The number of hydrogen-bond acceptors (Lipinski definition) is 2. The molecule has 0 aliphatic carbocycles. The van der Waals surface area contributed by atoms with Gasteiger partial charge in [0.05, 0.1) is 6.54 Å². The third-order valence-corrected chi connectivity index (χ3v) is 1.40. The number of carbonyl (C=O) groups excluding carboxylic acids is 1. The lowest BCUT2D eigenvalue weighted by Gasteiger charge is -1.89. The van der Waals surface area contributed by atoms with E-state index in [0.717, 1.165) is 6.42 Å². The Morgan fingerprint density at radius 3 is 2.82 bits per heavy atom. The van der Waals surface area contributed by atoms with E-state index in [1.54, 1.807) is 0 Å². The summed E-state index contributed by atoms with van der Waals surface area (Å²) in [5.41, 5.74) is 0. The molecule has 11 heavy (non-hydrogen) atoms. The Kier molecular flexibility index (Phi) is 8.39. The first-order valence-electron chi connectivity index (χ1n) is 4.10. The third kappa shape index (κ3) is 9.12. The molecule has 0 amide bonds. The second kappa shape index (κ2) is 9.12. The van der Waals surface area contributed by atoms with Gasteiger partial charge in [-0.25, -0.2) is 9.79 Å². The molecule has 0 heterocycles. The van der Waals surface area contributed by atoms with Gasteiger partial charge in [-0.15, -0.1) is 0 Å². The molecule has 2 nitrogen and oxygen atoms in total. The lowest BCUT2D eigenvalue weighted by atomic mass is 10.2. The maximum absolute atomic E-state index is 9.61. The number of aliphatic imine (C=N–C) groups is 1. The van der Waals surface area contributed by atoms with E-state index in [0.29, 0.717) is 6.54 Å². The Morgan fingerprint density at radius 2 is 2.18 bits per heavy atom. The number of allylic oxidation sites excluding steroid dienone is 1. The van der Waals surface area contributed by atoms with Crippen LogP contribution < -0.4 is 0 Å². The first-order chi connectivity index (χ1) is 5.41. The molecule has 0 bridgehead atoms. The van der Waals surface area contributed by atoms with Crippen LogP contribution >= 0.6 is 0 Å². The highest BCUT2D eigenvalue weighted by Crippen LogP contribution is 1.98. The van der Waals surface area contributed by atoms with Crippen LogP contribution in [0.2, 0.25) is 0 Å². The monoisotopic (exact) mass is 153 g/mol. The van der Waals surface area contributed by atoms with Crippen molar-refractivity contribution in [1.82, 2.24) is 0 Å². The van der Waals surface area contributed by atoms with Gasteiger partial charge in [0, 0.05) is 0 Å². The molecule has 0 aromatic carbocycles. The molecule has 0 aliphatic rings. The fourth-order valence-electron chi connectivity index (χ4n) is 0.795. The smallest absolute Gasteiger partial charge is 0.211 e. The van der Waals surface area contributed by atoms with Gasteiger partial charge in [-0.3, -0.25) is 0 Å². The van der Waals surface area contributed by atoms with Crippen molar-refractivity contribution in [2.45, 2.75) is 32.6 Å². The third-order valence-electron chi connectivity index (χ3n) is 1.40. The van der Waals surface area contributed by atoms with E-state index in [2.05, 4.69) is 18.0 Å². The van der Waals surface area contributed by atoms with E-state index in [1.165, 1.54) is 25.3 Å². The van der Waals surface area contributed by atoms with Crippen molar-refractivity contribution in [1.29, 1.82) is 0 Å². The van der Waals surface area contributed by atoms with Crippen LogP contribution in [-0.2, 0) is 4.79 Å². The van der Waals surface area contributed by atoms with E-state index in [4.69, 9.17) is 0 Å². The average Bonchev–Trinajstić information content (AvgIpc) is 2.03. The molecule has 0 unspecified atom stereocenters. The molecule has 0 rings (SSSR count). The minimum Gasteiger partial charge on any atom is -0.211 e. The number of unbranched alkanes of at least 4 members (excludes halogenated alkanes) is 3. The first kappa shape index (κ1) is 10.1. The number of hydrogen-bond donors (Lipinski definition) is 0. The van der Waals surface area contributed by atoms with E-state index < -0.39 is 0 Å². The molecule has 62 valence electrons. The molecule has 0 saturated heterocycles. The predicted molar refractivity (Wildman–Crippen MR) is 46.3 cm³/mol. The topological polar surface area (TPSA) is 29.4 Å². The van der Waals surface area contributed by atoms with Crippen LogP contribution in [0.5, 0.6) is 0 Å². The van der Waals surface area contributed by atoms with Crippen LogP contribution in [-0.4, -0.2) is 12.6 Å². The summed E-state index contributed by atoms with van der Waals surface area (Å²) in [5.74, 6) is 0. The summed E-state index contributed by atoms with van der Waals surface area (Å²) in [6.45, 7) is 2.66. The normalized spacial score (nSPS) is 9.91. The zero-order valence-corrected chi connectivity index (χ0v) is 7.05. The maximum Gasteiger partial charge on any atom is 0.235 e. The van der Waals surface area contributed by atoms with Gasteiger partial charge in [0.1, 0.15) is 0 Å². The van der Waals surface area contributed by atoms with Crippen LogP contribution in [0.1, 0.15) is 32.6 Å². The molecule has 0 N–H and O–H groups in total.